The second kappa shape index (κ2) is 6.74. The maximum Gasteiger partial charge on any atom is 0.404 e. The number of rotatable bonds is 5. The maximum absolute atomic E-state index is 12.5. The number of hydrogen-bond acceptors (Lipinski definition) is 2. The van der Waals surface area contributed by atoms with E-state index in [-0.39, 0.29) is 17.9 Å². The number of carbonyl (C=O) groups is 2. The average Bonchev–Trinajstić information content (AvgIpc) is 3.33. The van der Waals surface area contributed by atoms with E-state index < -0.39 is 6.09 Å². The third kappa shape index (κ3) is 3.74. The summed E-state index contributed by atoms with van der Waals surface area (Å²) in [6.07, 6.45) is -0.176. The Hall–Kier alpha value is -2.82. The third-order valence-corrected chi connectivity index (χ3v) is 4.29. The number of nitrogens with one attached hydrogen (secondary N) is 1. The van der Waals surface area contributed by atoms with Gasteiger partial charge in [0.15, 0.2) is 0 Å². The largest absolute Gasteiger partial charge is 0.465 e. The third-order valence-electron chi connectivity index (χ3n) is 4.29. The smallest absolute Gasteiger partial charge is 0.404 e. The van der Waals surface area contributed by atoms with Gasteiger partial charge in [-0.1, -0.05) is 42.5 Å². The summed E-state index contributed by atoms with van der Waals surface area (Å²) >= 11 is 0. The molecule has 0 spiro atoms. The quantitative estimate of drug-likeness (QED) is 0.888. The highest BCUT2D eigenvalue weighted by atomic mass is 16.4. The molecule has 1 fully saturated rings. The molecule has 1 aliphatic rings. The molecule has 0 aliphatic heterocycles. The highest BCUT2D eigenvalue weighted by Crippen LogP contribution is 2.40. The van der Waals surface area contributed by atoms with E-state index in [1.807, 2.05) is 54.6 Å². The minimum absolute atomic E-state index is 0.00944. The molecule has 124 valence electrons. The Morgan fingerprint density at radius 1 is 1.12 bits per heavy atom. The van der Waals surface area contributed by atoms with E-state index in [2.05, 4.69) is 5.32 Å². The first-order valence-corrected chi connectivity index (χ1v) is 7.93. The zero-order valence-electron chi connectivity index (χ0n) is 13.5. The first-order chi connectivity index (χ1) is 11.5. The van der Waals surface area contributed by atoms with Gasteiger partial charge in [-0.2, -0.15) is 0 Å². The predicted molar refractivity (Wildman–Crippen MR) is 91.0 cm³/mol. The van der Waals surface area contributed by atoms with Crippen LogP contribution in [0.25, 0.3) is 0 Å². The Labute approximate surface area is 140 Å². The van der Waals surface area contributed by atoms with Gasteiger partial charge < -0.3 is 15.3 Å². The van der Waals surface area contributed by atoms with Crippen LogP contribution in [0.15, 0.2) is 54.6 Å². The second-order valence-electron chi connectivity index (χ2n) is 6.17. The summed E-state index contributed by atoms with van der Waals surface area (Å²) in [5, 5.41) is 11.2. The summed E-state index contributed by atoms with van der Waals surface area (Å²) in [5.74, 6) is 0.189. The molecule has 2 atom stereocenters. The lowest BCUT2D eigenvalue weighted by molar-refractivity contribution is 0.0785. The maximum atomic E-state index is 12.5. The van der Waals surface area contributed by atoms with Gasteiger partial charge in [0.2, 0.25) is 0 Å². The summed E-state index contributed by atoms with van der Waals surface area (Å²) in [5.41, 5.74) is 2.79. The van der Waals surface area contributed by atoms with Gasteiger partial charge in [-0.15, -0.1) is 0 Å². The van der Waals surface area contributed by atoms with Gasteiger partial charge in [-0.25, -0.2) is 4.79 Å². The van der Waals surface area contributed by atoms with Crippen LogP contribution in [0.3, 0.4) is 0 Å². The second-order valence-corrected chi connectivity index (χ2v) is 6.17. The number of amides is 2. The molecule has 24 heavy (non-hydrogen) atoms. The fourth-order valence-corrected chi connectivity index (χ4v) is 2.90. The van der Waals surface area contributed by atoms with E-state index in [4.69, 9.17) is 5.11 Å². The lowest BCUT2D eigenvalue weighted by Gasteiger charge is -2.17. The molecule has 0 unspecified atom stereocenters. The van der Waals surface area contributed by atoms with Crippen LogP contribution < -0.4 is 5.32 Å². The molecule has 0 saturated heterocycles. The van der Waals surface area contributed by atoms with Gasteiger partial charge in [0.1, 0.15) is 0 Å². The highest BCUT2D eigenvalue weighted by molar-refractivity contribution is 5.94. The number of carbonyl (C=O) groups excluding carboxylic acids is 1. The number of nitrogens with zero attached hydrogens (tertiary/aromatic N) is 1. The Balaban J connectivity index is 1.61. The van der Waals surface area contributed by atoms with Crippen molar-refractivity contribution in [1.82, 2.24) is 10.2 Å². The first-order valence-electron chi connectivity index (χ1n) is 7.93. The van der Waals surface area contributed by atoms with Crippen LogP contribution in [0.5, 0.6) is 0 Å². The zero-order chi connectivity index (χ0) is 17.1. The van der Waals surface area contributed by atoms with Gasteiger partial charge >= 0.3 is 6.09 Å². The Morgan fingerprint density at radius 2 is 1.79 bits per heavy atom. The summed E-state index contributed by atoms with van der Waals surface area (Å²) in [6.45, 7) is 0.564. The summed E-state index contributed by atoms with van der Waals surface area (Å²) in [6, 6.07) is 17.3. The van der Waals surface area contributed by atoms with Crippen LogP contribution in [-0.4, -0.2) is 35.1 Å². The number of carboxylic acid groups (broad SMARTS) is 1. The van der Waals surface area contributed by atoms with Crippen LogP contribution in [0, 0.1) is 0 Å². The van der Waals surface area contributed by atoms with Crippen LogP contribution in [0.4, 0.5) is 4.79 Å². The molecular formula is C19H20N2O3. The van der Waals surface area contributed by atoms with Crippen molar-refractivity contribution in [3.8, 4) is 0 Å². The summed E-state index contributed by atoms with van der Waals surface area (Å²) in [7, 11) is 1.79. The van der Waals surface area contributed by atoms with Crippen molar-refractivity contribution in [2.75, 3.05) is 7.05 Å². The SMILES string of the molecule is CN(Cc1ccccc1)C(=O)c1ccc([C@@H]2C[C@H]2NC(=O)O)cc1. The minimum atomic E-state index is -0.989. The monoisotopic (exact) mass is 324 g/mol. The molecule has 3 rings (SSSR count). The Bertz CT molecular complexity index is 728. The van der Waals surface area contributed by atoms with Crippen molar-refractivity contribution in [2.24, 2.45) is 0 Å². The fourth-order valence-electron chi connectivity index (χ4n) is 2.90. The molecule has 2 amide bonds. The molecule has 0 bridgehead atoms. The van der Waals surface area contributed by atoms with Gasteiger partial charge in [-0.3, -0.25) is 4.79 Å². The molecule has 0 heterocycles. The van der Waals surface area contributed by atoms with Crippen molar-refractivity contribution < 1.29 is 14.7 Å². The van der Waals surface area contributed by atoms with Gasteiger partial charge in [0, 0.05) is 31.1 Å². The van der Waals surface area contributed by atoms with Crippen molar-refractivity contribution in [3.63, 3.8) is 0 Å². The zero-order valence-corrected chi connectivity index (χ0v) is 13.5. The van der Waals surface area contributed by atoms with E-state index in [0.29, 0.717) is 12.1 Å². The Kier molecular flexibility index (Phi) is 4.51. The lowest BCUT2D eigenvalue weighted by atomic mass is 10.1. The first kappa shape index (κ1) is 16.1. The molecule has 0 aromatic heterocycles. The summed E-state index contributed by atoms with van der Waals surface area (Å²) in [4.78, 5) is 24.8. The Morgan fingerprint density at radius 3 is 2.42 bits per heavy atom. The molecule has 2 aromatic rings. The topological polar surface area (TPSA) is 69.6 Å². The van der Waals surface area contributed by atoms with Gasteiger partial charge in [-0.05, 0) is 29.7 Å². The normalized spacial score (nSPS) is 18.7. The minimum Gasteiger partial charge on any atom is -0.465 e. The average molecular weight is 324 g/mol. The summed E-state index contributed by atoms with van der Waals surface area (Å²) < 4.78 is 0. The molecule has 5 nitrogen and oxygen atoms in total. The molecule has 5 heteroatoms. The van der Waals surface area contributed by atoms with E-state index in [9.17, 15) is 9.59 Å². The van der Waals surface area contributed by atoms with Crippen LogP contribution in [-0.2, 0) is 6.54 Å². The molecule has 1 aliphatic carbocycles. The number of benzene rings is 2. The standard InChI is InChI=1S/C19H20N2O3/c1-21(12-13-5-3-2-4-6-13)18(22)15-9-7-14(8-10-15)16-11-17(16)20-19(23)24/h2-10,16-17,20H,11-12H2,1H3,(H,23,24)/t16-,17+/m0/s1. The van der Waals surface area contributed by atoms with E-state index in [1.165, 1.54) is 0 Å². The molecule has 1 saturated carbocycles. The van der Waals surface area contributed by atoms with Crippen LogP contribution >= 0.6 is 0 Å². The van der Waals surface area contributed by atoms with E-state index in [1.54, 1.807) is 11.9 Å². The molecular weight excluding hydrogens is 304 g/mol. The van der Waals surface area contributed by atoms with Gasteiger partial charge in [0.05, 0.1) is 0 Å². The van der Waals surface area contributed by atoms with Crippen molar-refractivity contribution in [2.45, 2.75) is 24.9 Å². The highest BCUT2D eigenvalue weighted by Gasteiger charge is 2.39. The molecule has 2 N–H and O–H groups in total. The van der Waals surface area contributed by atoms with Gasteiger partial charge in [0.25, 0.3) is 5.91 Å². The fraction of sp³-hybridized carbons (Fsp3) is 0.263. The van der Waals surface area contributed by atoms with Crippen LogP contribution in [0.2, 0.25) is 0 Å². The molecule has 0 radical (unpaired) electrons. The van der Waals surface area contributed by atoms with E-state index in [0.717, 1.165) is 17.5 Å². The van der Waals surface area contributed by atoms with Crippen molar-refractivity contribution in [3.05, 3.63) is 71.3 Å². The van der Waals surface area contributed by atoms with Crippen molar-refractivity contribution in [1.29, 1.82) is 0 Å². The number of hydrogen-bond donors (Lipinski definition) is 2. The van der Waals surface area contributed by atoms with Crippen LogP contribution in [0.1, 0.15) is 33.8 Å². The predicted octanol–water partition coefficient (Wildman–Crippen LogP) is 3.08. The van der Waals surface area contributed by atoms with E-state index >= 15 is 0 Å². The van der Waals surface area contributed by atoms with Crippen molar-refractivity contribution >= 4 is 12.0 Å². The molecule has 2 aromatic carbocycles. The lowest BCUT2D eigenvalue weighted by Crippen LogP contribution is -2.26.